The average molecular weight is 369 g/mol. The van der Waals surface area contributed by atoms with Gasteiger partial charge in [-0.25, -0.2) is 0 Å². The molecule has 0 spiro atoms. The topological polar surface area (TPSA) is 9.23 Å². The normalized spacial score (nSPS) is 28.2. The second-order valence-electron chi connectivity index (χ2n) is 9.43. The summed E-state index contributed by atoms with van der Waals surface area (Å²) in [6.07, 6.45) is 8.41. The molecule has 1 aromatic carbocycles. The standard InChI is InChI=1S/C24H36OSi/c1-17(2)26(18(3)4,19(5)6)25-23-16-22(20-12-9-8-10-13-20)24(7)15-11-14-21(23)24/h8-13,15-19,21-22H,14H2,1-7H3/t21-,22?,24-/m0/s1. The van der Waals surface area contributed by atoms with Crippen molar-refractivity contribution < 1.29 is 4.43 Å². The van der Waals surface area contributed by atoms with Gasteiger partial charge in [-0.3, -0.25) is 0 Å². The Morgan fingerprint density at radius 3 is 2.08 bits per heavy atom. The largest absolute Gasteiger partial charge is 0.546 e. The van der Waals surface area contributed by atoms with Gasteiger partial charge in [-0.15, -0.1) is 0 Å². The highest BCUT2D eigenvalue weighted by atomic mass is 28.4. The Kier molecular flexibility index (Phi) is 5.27. The van der Waals surface area contributed by atoms with Crippen molar-refractivity contribution in [1.29, 1.82) is 0 Å². The van der Waals surface area contributed by atoms with Crippen molar-refractivity contribution in [2.24, 2.45) is 11.3 Å². The summed E-state index contributed by atoms with van der Waals surface area (Å²) in [6, 6.07) is 11.0. The minimum atomic E-state index is -1.91. The lowest BCUT2D eigenvalue weighted by atomic mass is 9.72. The Hall–Kier alpha value is -1.28. The Bertz CT molecular complexity index is 664. The van der Waals surface area contributed by atoms with E-state index >= 15 is 0 Å². The maximum atomic E-state index is 7.17. The summed E-state index contributed by atoms with van der Waals surface area (Å²) in [4.78, 5) is 0. The molecule has 0 radical (unpaired) electrons. The summed E-state index contributed by atoms with van der Waals surface area (Å²) in [5, 5.41) is 0. The number of benzene rings is 1. The fourth-order valence-corrected chi connectivity index (χ4v) is 11.1. The van der Waals surface area contributed by atoms with Crippen molar-refractivity contribution in [1.82, 2.24) is 0 Å². The van der Waals surface area contributed by atoms with Gasteiger partial charge in [0.15, 0.2) is 0 Å². The smallest absolute Gasteiger partial charge is 0.258 e. The third-order valence-electron chi connectivity index (χ3n) is 7.10. The molecule has 26 heavy (non-hydrogen) atoms. The van der Waals surface area contributed by atoms with Gasteiger partial charge in [0.05, 0.1) is 5.76 Å². The van der Waals surface area contributed by atoms with Crippen molar-refractivity contribution >= 4 is 8.32 Å². The fraction of sp³-hybridized carbons (Fsp3) is 0.583. The third kappa shape index (κ3) is 2.91. The lowest BCUT2D eigenvalue weighted by Gasteiger charge is -2.44. The summed E-state index contributed by atoms with van der Waals surface area (Å²) in [6.45, 7) is 16.7. The second-order valence-corrected chi connectivity index (χ2v) is 14.8. The van der Waals surface area contributed by atoms with Gasteiger partial charge in [-0.2, -0.15) is 0 Å². The zero-order chi connectivity index (χ0) is 19.1. The highest BCUT2D eigenvalue weighted by Crippen LogP contribution is 2.59. The van der Waals surface area contributed by atoms with Crippen molar-refractivity contribution in [3.63, 3.8) is 0 Å². The van der Waals surface area contributed by atoms with Crippen LogP contribution in [0.3, 0.4) is 0 Å². The van der Waals surface area contributed by atoms with Crippen LogP contribution in [0.25, 0.3) is 0 Å². The van der Waals surface area contributed by atoms with Crippen LogP contribution in [0, 0.1) is 11.3 Å². The maximum absolute atomic E-state index is 7.17. The summed E-state index contributed by atoms with van der Waals surface area (Å²) in [7, 11) is -1.91. The molecule has 1 nitrogen and oxygen atoms in total. The highest BCUT2D eigenvalue weighted by Gasteiger charge is 2.53. The molecule has 0 aromatic heterocycles. The van der Waals surface area contributed by atoms with Crippen LogP contribution in [-0.2, 0) is 4.43 Å². The quantitative estimate of drug-likeness (QED) is 0.374. The Labute approximate surface area is 161 Å². The zero-order valence-electron chi connectivity index (χ0n) is 17.6. The molecule has 1 aromatic rings. The monoisotopic (exact) mass is 368 g/mol. The summed E-state index contributed by atoms with van der Waals surface area (Å²) in [5.41, 5.74) is 3.40. The second kappa shape index (κ2) is 7.03. The molecule has 0 saturated heterocycles. The van der Waals surface area contributed by atoms with Gasteiger partial charge in [-0.05, 0) is 34.7 Å². The van der Waals surface area contributed by atoms with E-state index in [0.29, 0.717) is 28.5 Å². The summed E-state index contributed by atoms with van der Waals surface area (Å²) >= 11 is 0. The fourth-order valence-electron chi connectivity index (χ4n) is 5.81. The number of allylic oxidation sites excluding steroid dienone is 4. The SMILES string of the molecule is CC(C)[Si](OC1=CC(c2ccccc2)[C@@]2(C)C=CC[C@@H]12)(C(C)C)C(C)C. The lowest BCUT2D eigenvalue weighted by molar-refractivity contribution is 0.243. The van der Waals surface area contributed by atoms with Crippen LogP contribution in [0.1, 0.15) is 66.4 Å². The number of hydrogen-bond donors (Lipinski definition) is 0. The van der Waals surface area contributed by atoms with Crippen LogP contribution >= 0.6 is 0 Å². The molecule has 3 atom stereocenters. The van der Waals surface area contributed by atoms with Crippen LogP contribution < -0.4 is 0 Å². The van der Waals surface area contributed by atoms with E-state index < -0.39 is 8.32 Å². The van der Waals surface area contributed by atoms with E-state index in [0.717, 1.165) is 6.42 Å². The van der Waals surface area contributed by atoms with Crippen molar-refractivity contribution in [2.75, 3.05) is 0 Å². The Morgan fingerprint density at radius 1 is 0.962 bits per heavy atom. The Balaban J connectivity index is 2.02. The molecule has 3 rings (SSSR count). The van der Waals surface area contributed by atoms with E-state index in [2.05, 4.69) is 97.0 Å². The number of hydrogen-bond acceptors (Lipinski definition) is 1. The molecule has 0 amide bonds. The van der Waals surface area contributed by atoms with Crippen LogP contribution in [0.4, 0.5) is 0 Å². The first-order chi connectivity index (χ1) is 12.2. The van der Waals surface area contributed by atoms with Crippen LogP contribution in [0.15, 0.2) is 54.3 Å². The molecule has 0 saturated carbocycles. The molecule has 0 heterocycles. The molecule has 142 valence electrons. The van der Waals surface area contributed by atoms with Crippen molar-refractivity contribution in [3.05, 3.63) is 59.9 Å². The molecule has 0 N–H and O–H groups in total. The van der Waals surface area contributed by atoms with E-state index in [1.165, 1.54) is 11.3 Å². The zero-order valence-corrected chi connectivity index (χ0v) is 18.6. The number of rotatable bonds is 6. The van der Waals surface area contributed by atoms with E-state index in [1.807, 2.05) is 0 Å². The van der Waals surface area contributed by atoms with E-state index in [9.17, 15) is 0 Å². The van der Waals surface area contributed by atoms with Gasteiger partial charge in [-0.1, -0.05) is 91.0 Å². The minimum Gasteiger partial charge on any atom is -0.546 e. The molecule has 0 bridgehead atoms. The molecule has 1 unspecified atom stereocenters. The molecule has 2 aliphatic rings. The first-order valence-corrected chi connectivity index (χ1v) is 12.5. The predicted octanol–water partition coefficient (Wildman–Crippen LogP) is 7.44. The number of fused-ring (bicyclic) bond motifs is 1. The minimum absolute atomic E-state index is 0.155. The lowest BCUT2D eigenvalue weighted by Crippen LogP contribution is -2.48. The molecule has 2 aliphatic carbocycles. The first kappa shape index (κ1) is 19.5. The van der Waals surface area contributed by atoms with E-state index in [4.69, 9.17) is 4.43 Å². The van der Waals surface area contributed by atoms with Gasteiger partial charge in [0, 0.05) is 17.3 Å². The van der Waals surface area contributed by atoms with E-state index in [1.54, 1.807) is 0 Å². The Morgan fingerprint density at radius 2 is 1.54 bits per heavy atom. The van der Waals surface area contributed by atoms with Crippen LogP contribution in [-0.4, -0.2) is 8.32 Å². The maximum Gasteiger partial charge on any atom is 0.258 e. The summed E-state index contributed by atoms with van der Waals surface area (Å²) < 4.78 is 7.17. The summed E-state index contributed by atoms with van der Waals surface area (Å²) in [5.74, 6) is 2.20. The predicted molar refractivity (Wildman–Crippen MR) is 115 cm³/mol. The average Bonchev–Trinajstić information content (AvgIpc) is 3.08. The van der Waals surface area contributed by atoms with Gasteiger partial charge < -0.3 is 4.43 Å². The van der Waals surface area contributed by atoms with Crippen LogP contribution in [0.5, 0.6) is 0 Å². The van der Waals surface area contributed by atoms with Gasteiger partial charge >= 0.3 is 0 Å². The van der Waals surface area contributed by atoms with Gasteiger partial charge in [0.2, 0.25) is 0 Å². The third-order valence-corrected chi connectivity index (χ3v) is 13.1. The highest BCUT2D eigenvalue weighted by molar-refractivity contribution is 6.77. The van der Waals surface area contributed by atoms with Gasteiger partial charge in [0.1, 0.15) is 0 Å². The molecule has 0 fully saturated rings. The van der Waals surface area contributed by atoms with Crippen molar-refractivity contribution in [3.8, 4) is 0 Å². The van der Waals surface area contributed by atoms with Crippen LogP contribution in [0.2, 0.25) is 16.6 Å². The molecular weight excluding hydrogens is 332 g/mol. The molecule has 2 heteroatoms. The van der Waals surface area contributed by atoms with Crippen molar-refractivity contribution in [2.45, 2.75) is 77.4 Å². The first-order valence-electron chi connectivity index (χ1n) is 10.4. The molecule has 0 aliphatic heterocycles. The van der Waals surface area contributed by atoms with E-state index in [-0.39, 0.29) is 5.41 Å². The molecular formula is C24H36OSi. The van der Waals surface area contributed by atoms with Gasteiger partial charge in [0.25, 0.3) is 8.32 Å².